The molecule has 9 heteroatoms. The summed E-state index contributed by atoms with van der Waals surface area (Å²) in [4.78, 5) is 36.4. The molecule has 220 valence electrons. The third kappa shape index (κ3) is 5.79. The molecule has 2 saturated heterocycles. The van der Waals surface area contributed by atoms with Crippen LogP contribution in [0.5, 0.6) is 0 Å². The van der Waals surface area contributed by atoms with Gasteiger partial charge in [-0.2, -0.15) is 0 Å². The quantitative estimate of drug-likeness (QED) is 0.491. The molecule has 2 aliphatic carbocycles. The van der Waals surface area contributed by atoms with Gasteiger partial charge in [0.15, 0.2) is 5.78 Å². The number of carbonyl (C=O) groups excluding carboxylic acids is 2. The molecule has 1 amide bonds. The average molecular weight is 548 g/mol. The van der Waals surface area contributed by atoms with Crippen molar-refractivity contribution in [1.29, 1.82) is 0 Å². The minimum Gasteiger partial charge on any atom is -0.369 e. The molecular weight excluding hydrogens is 497 g/mol. The number of Topliss-reactive ketones (excluding diaryl/α,β-unsaturated/α-hetero) is 1. The van der Waals surface area contributed by atoms with E-state index in [0.717, 1.165) is 58.4 Å². The number of amides is 1. The van der Waals surface area contributed by atoms with Crippen molar-refractivity contribution in [2.45, 2.75) is 102 Å². The first-order chi connectivity index (χ1) is 18.5. The van der Waals surface area contributed by atoms with Crippen molar-refractivity contribution in [1.82, 2.24) is 24.9 Å². The second-order valence-electron chi connectivity index (χ2n) is 13.9. The number of fused-ring (bicyclic) bond motifs is 2. The SMILES string of the molecule is CC(C)N1CCN(C2C(F)CC3C(=O)C(C(=O)NCC(C)(C)CN(C)C)=CN4C5CCCCC5OC2C34)CC1. The van der Waals surface area contributed by atoms with E-state index < -0.39 is 12.1 Å². The van der Waals surface area contributed by atoms with E-state index in [1.54, 1.807) is 0 Å². The predicted octanol–water partition coefficient (Wildman–Crippen LogP) is 2.29. The van der Waals surface area contributed by atoms with E-state index in [9.17, 15) is 9.59 Å². The predicted molar refractivity (Wildman–Crippen MR) is 150 cm³/mol. The van der Waals surface area contributed by atoms with Gasteiger partial charge in [0.1, 0.15) is 6.17 Å². The molecule has 0 aromatic carbocycles. The second kappa shape index (κ2) is 11.4. The molecule has 3 aliphatic heterocycles. The summed E-state index contributed by atoms with van der Waals surface area (Å²) in [7, 11) is 4.03. The van der Waals surface area contributed by atoms with Crippen molar-refractivity contribution in [2.24, 2.45) is 11.3 Å². The molecule has 5 aliphatic rings. The van der Waals surface area contributed by atoms with Crippen LogP contribution < -0.4 is 5.32 Å². The van der Waals surface area contributed by atoms with Crippen LogP contribution in [0.1, 0.15) is 59.8 Å². The van der Waals surface area contributed by atoms with Crippen molar-refractivity contribution >= 4 is 11.7 Å². The van der Waals surface area contributed by atoms with Crippen molar-refractivity contribution in [3.05, 3.63) is 11.8 Å². The summed E-state index contributed by atoms with van der Waals surface area (Å²) < 4.78 is 23.0. The van der Waals surface area contributed by atoms with Gasteiger partial charge in [0.2, 0.25) is 0 Å². The van der Waals surface area contributed by atoms with E-state index in [2.05, 4.69) is 52.6 Å². The Morgan fingerprint density at radius 1 is 1.15 bits per heavy atom. The van der Waals surface area contributed by atoms with Gasteiger partial charge >= 0.3 is 0 Å². The molecule has 0 aromatic rings. The maximum atomic E-state index is 16.2. The van der Waals surface area contributed by atoms with Crippen LogP contribution in [0.4, 0.5) is 4.39 Å². The number of ketones is 1. The van der Waals surface area contributed by atoms with Gasteiger partial charge in [-0.1, -0.05) is 26.7 Å². The van der Waals surface area contributed by atoms with Crippen LogP contribution in [0.2, 0.25) is 0 Å². The van der Waals surface area contributed by atoms with Crippen LogP contribution in [0.15, 0.2) is 11.8 Å². The molecule has 0 bridgehead atoms. The zero-order chi connectivity index (χ0) is 28.1. The molecule has 4 fully saturated rings. The van der Waals surface area contributed by atoms with Gasteiger partial charge in [0, 0.05) is 57.4 Å². The summed E-state index contributed by atoms with van der Waals surface area (Å²) in [6.07, 6.45) is 4.61. The van der Waals surface area contributed by atoms with Gasteiger partial charge in [-0.15, -0.1) is 0 Å². The highest BCUT2D eigenvalue weighted by atomic mass is 19.1. The van der Waals surface area contributed by atoms with Crippen LogP contribution >= 0.6 is 0 Å². The van der Waals surface area contributed by atoms with E-state index in [0.29, 0.717) is 12.6 Å². The molecule has 0 radical (unpaired) electrons. The lowest BCUT2D eigenvalue weighted by molar-refractivity contribution is -0.213. The van der Waals surface area contributed by atoms with Crippen molar-refractivity contribution in [3.63, 3.8) is 0 Å². The fourth-order valence-corrected chi connectivity index (χ4v) is 8.04. The molecule has 7 atom stereocenters. The Bertz CT molecular complexity index is 947. The summed E-state index contributed by atoms with van der Waals surface area (Å²) in [6, 6.07) is 0.0545. The van der Waals surface area contributed by atoms with Crippen molar-refractivity contribution in [2.75, 3.05) is 53.4 Å². The Morgan fingerprint density at radius 3 is 2.51 bits per heavy atom. The van der Waals surface area contributed by atoms with E-state index in [1.807, 2.05) is 20.3 Å². The number of nitrogens with zero attached hydrogens (tertiary/aromatic N) is 4. The Labute approximate surface area is 234 Å². The highest BCUT2D eigenvalue weighted by Gasteiger charge is 2.59. The summed E-state index contributed by atoms with van der Waals surface area (Å²) in [5, 5.41) is 3.04. The number of alkyl halides is 1. The first kappa shape index (κ1) is 29.0. The largest absolute Gasteiger partial charge is 0.369 e. The van der Waals surface area contributed by atoms with Gasteiger partial charge in [-0.05, 0) is 52.6 Å². The van der Waals surface area contributed by atoms with Crippen LogP contribution in [0, 0.1) is 11.3 Å². The number of hydrogen-bond acceptors (Lipinski definition) is 7. The molecule has 0 spiro atoms. The lowest BCUT2D eigenvalue weighted by atomic mass is 9.69. The second-order valence-corrected chi connectivity index (χ2v) is 13.9. The summed E-state index contributed by atoms with van der Waals surface area (Å²) in [6.45, 7) is 13.4. The third-order valence-electron chi connectivity index (χ3n) is 9.76. The number of carbonyl (C=O) groups is 2. The monoisotopic (exact) mass is 547 g/mol. The number of ether oxygens (including phenoxy) is 1. The number of nitrogens with one attached hydrogen (secondary N) is 1. The number of morpholine rings is 1. The van der Waals surface area contributed by atoms with Gasteiger partial charge in [-0.3, -0.25) is 19.4 Å². The fraction of sp³-hybridized carbons (Fsp3) is 0.867. The highest BCUT2D eigenvalue weighted by Crippen LogP contribution is 2.46. The summed E-state index contributed by atoms with van der Waals surface area (Å²) >= 11 is 0. The molecule has 2 saturated carbocycles. The van der Waals surface area contributed by atoms with Crippen LogP contribution in [0.3, 0.4) is 0 Å². The van der Waals surface area contributed by atoms with Crippen LogP contribution in [0.25, 0.3) is 0 Å². The normalized spacial score (nSPS) is 36.0. The molecule has 5 rings (SSSR count). The minimum atomic E-state index is -1.16. The van der Waals surface area contributed by atoms with Gasteiger partial charge in [-0.25, -0.2) is 4.39 Å². The number of rotatable bonds is 7. The topological polar surface area (TPSA) is 68.4 Å². The number of hydrogen-bond donors (Lipinski definition) is 1. The summed E-state index contributed by atoms with van der Waals surface area (Å²) in [5.41, 5.74) is 0.0540. The van der Waals surface area contributed by atoms with Gasteiger partial charge in [0.05, 0.1) is 35.9 Å². The Balaban J connectivity index is 1.40. The highest BCUT2D eigenvalue weighted by molar-refractivity contribution is 6.20. The van der Waals surface area contributed by atoms with E-state index in [1.165, 1.54) is 0 Å². The zero-order valence-electron chi connectivity index (χ0n) is 24.9. The molecule has 7 unspecified atom stereocenters. The van der Waals surface area contributed by atoms with E-state index in [-0.39, 0.29) is 59.4 Å². The number of halogens is 1. The molecule has 8 nitrogen and oxygen atoms in total. The lowest BCUT2D eigenvalue weighted by Crippen LogP contribution is -2.74. The van der Waals surface area contributed by atoms with Gasteiger partial charge in [0.25, 0.3) is 5.91 Å². The average Bonchev–Trinajstić information content (AvgIpc) is 2.88. The molecule has 39 heavy (non-hydrogen) atoms. The van der Waals surface area contributed by atoms with Crippen LogP contribution in [-0.2, 0) is 14.3 Å². The van der Waals surface area contributed by atoms with Gasteiger partial charge < -0.3 is 19.9 Å². The lowest BCUT2D eigenvalue weighted by Gasteiger charge is -2.60. The molecule has 0 aromatic heterocycles. The van der Waals surface area contributed by atoms with Crippen molar-refractivity contribution in [3.8, 4) is 0 Å². The van der Waals surface area contributed by atoms with E-state index in [4.69, 9.17) is 4.74 Å². The standard InChI is InChI=1S/C30H50FN5O3/c1-19(2)34-11-13-35(14-12-34)26-22(31)15-20-25-28(26)39-24-10-8-7-9-23(24)36(25)16-21(27(20)37)29(38)32-17-30(3,4)18-33(5)6/h16,19-20,22-26,28H,7-15,17-18H2,1-6H3,(H,32,38). The summed E-state index contributed by atoms with van der Waals surface area (Å²) in [5.74, 6) is -1.10. The third-order valence-corrected chi connectivity index (χ3v) is 9.76. The smallest absolute Gasteiger partial charge is 0.256 e. The fourth-order valence-electron chi connectivity index (χ4n) is 8.04. The van der Waals surface area contributed by atoms with Crippen molar-refractivity contribution < 1.29 is 18.7 Å². The first-order valence-electron chi connectivity index (χ1n) is 15.2. The molecular formula is C30H50FN5O3. The maximum absolute atomic E-state index is 16.2. The minimum absolute atomic E-state index is 0.0122. The molecule has 3 heterocycles. The zero-order valence-corrected chi connectivity index (χ0v) is 24.9. The first-order valence-corrected chi connectivity index (χ1v) is 15.2. The maximum Gasteiger partial charge on any atom is 0.256 e. The number of piperazine rings is 1. The Kier molecular flexibility index (Phi) is 8.45. The molecule has 1 N–H and O–H groups in total. The Morgan fingerprint density at radius 2 is 1.85 bits per heavy atom. The Hall–Kier alpha value is -1.55. The van der Waals surface area contributed by atoms with E-state index >= 15 is 4.39 Å². The van der Waals surface area contributed by atoms with Crippen LogP contribution in [-0.4, -0.2) is 127 Å².